The zero-order valence-corrected chi connectivity index (χ0v) is 15.2. The molecule has 0 radical (unpaired) electrons. The minimum atomic E-state index is -1.06. The van der Waals surface area contributed by atoms with Gasteiger partial charge in [0.2, 0.25) is 0 Å². The fourth-order valence-electron chi connectivity index (χ4n) is 2.65. The SMILES string of the molecule is Cc1c(C[C@@H](N)[C@H](C)F)cc2c(NCc3cccs3)cc(Cl)nn12. The van der Waals surface area contributed by atoms with E-state index in [2.05, 4.69) is 16.5 Å². The molecule has 3 N–H and O–H groups in total. The Balaban J connectivity index is 1.94. The van der Waals surface area contributed by atoms with E-state index in [0.29, 0.717) is 18.1 Å². The number of anilines is 1. The Morgan fingerprint density at radius 2 is 2.25 bits per heavy atom. The molecule has 4 nitrogen and oxygen atoms in total. The molecule has 0 saturated carbocycles. The second kappa shape index (κ2) is 7.09. The molecular formula is C17H20ClFN4S. The Morgan fingerprint density at radius 1 is 1.46 bits per heavy atom. The van der Waals surface area contributed by atoms with Crippen LogP contribution >= 0.6 is 22.9 Å². The van der Waals surface area contributed by atoms with Crippen LogP contribution in [0.25, 0.3) is 5.52 Å². The molecule has 128 valence electrons. The van der Waals surface area contributed by atoms with E-state index in [4.69, 9.17) is 17.3 Å². The standard InChI is InChI=1S/C17H20ClFN4S/c1-10(19)14(20)6-12-7-16-15(21-9-13-4-3-5-24-13)8-17(18)22-23(16)11(12)2/h3-5,7-8,10,14,21H,6,9,20H2,1-2H3/t10-,14+/m0/s1. The van der Waals surface area contributed by atoms with E-state index in [9.17, 15) is 4.39 Å². The number of alkyl halides is 1. The van der Waals surface area contributed by atoms with Crippen LogP contribution in [0.1, 0.15) is 23.1 Å². The van der Waals surface area contributed by atoms with Crippen LogP contribution in [-0.4, -0.2) is 21.8 Å². The largest absolute Gasteiger partial charge is 0.378 e. The van der Waals surface area contributed by atoms with Crippen LogP contribution < -0.4 is 11.1 Å². The molecule has 24 heavy (non-hydrogen) atoms. The fraction of sp³-hybridized carbons (Fsp3) is 0.353. The summed E-state index contributed by atoms with van der Waals surface area (Å²) in [7, 11) is 0. The number of nitrogens with one attached hydrogen (secondary N) is 1. The number of hydrogen-bond acceptors (Lipinski definition) is 4. The van der Waals surface area contributed by atoms with Crippen molar-refractivity contribution in [2.75, 3.05) is 5.32 Å². The van der Waals surface area contributed by atoms with Gasteiger partial charge in [-0.25, -0.2) is 8.91 Å². The lowest BCUT2D eigenvalue weighted by Crippen LogP contribution is -2.31. The maximum Gasteiger partial charge on any atom is 0.152 e. The zero-order valence-electron chi connectivity index (χ0n) is 13.6. The first-order chi connectivity index (χ1) is 11.5. The highest BCUT2D eigenvalue weighted by atomic mass is 35.5. The summed E-state index contributed by atoms with van der Waals surface area (Å²) >= 11 is 7.86. The highest BCUT2D eigenvalue weighted by molar-refractivity contribution is 7.09. The molecule has 0 spiro atoms. The summed E-state index contributed by atoms with van der Waals surface area (Å²) in [6.07, 6.45) is -0.588. The molecule has 3 rings (SSSR count). The Hall–Kier alpha value is -1.63. The molecule has 0 aliphatic carbocycles. The van der Waals surface area contributed by atoms with Crippen molar-refractivity contribution >= 4 is 34.1 Å². The molecule has 0 unspecified atom stereocenters. The van der Waals surface area contributed by atoms with Gasteiger partial charge in [0.1, 0.15) is 6.17 Å². The van der Waals surface area contributed by atoms with Gasteiger partial charge in [-0.1, -0.05) is 17.7 Å². The third kappa shape index (κ3) is 3.55. The number of aromatic nitrogens is 2. The van der Waals surface area contributed by atoms with Gasteiger partial charge in [0, 0.05) is 29.2 Å². The van der Waals surface area contributed by atoms with E-state index >= 15 is 0 Å². The molecule has 3 heterocycles. The first-order valence-corrected chi connectivity index (χ1v) is 9.05. The van der Waals surface area contributed by atoms with E-state index < -0.39 is 12.2 Å². The van der Waals surface area contributed by atoms with Crippen molar-refractivity contribution in [2.24, 2.45) is 5.73 Å². The minimum absolute atomic E-state index is 0.407. The molecule has 7 heteroatoms. The minimum Gasteiger partial charge on any atom is -0.378 e. The van der Waals surface area contributed by atoms with E-state index in [1.807, 2.05) is 30.5 Å². The summed E-state index contributed by atoms with van der Waals surface area (Å²) in [5.41, 5.74) is 9.63. The lowest BCUT2D eigenvalue weighted by Gasteiger charge is -2.12. The Morgan fingerprint density at radius 3 is 2.92 bits per heavy atom. The second-order valence-electron chi connectivity index (χ2n) is 5.91. The van der Waals surface area contributed by atoms with E-state index in [-0.39, 0.29) is 0 Å². The lowest BCUT2D eigenvalue weighted by atomic mass is 10.0. The molecular weight excluding hydrogens is 347 g/mol. The summed E-state index contributed by atoms with van der Waals surface area (Å²) in [5, 5.41) is 10.2. The number of thiophene rings is 1. The van der Waals surface area contributed by atoms with Gasteiger partial charge in [-0.3, -0.25) is 0 Å². The van der Waals surface area contributed by atoms with E-state index in [1.54, 1.807) is 15.9 Å². The number of aryl methyl sites for hydroxylation is 1. The van der Waals surface area contributed by atoms with Crippen molar-refractivity contribution < 1.29 is 4.39 Å². The predicted octanol–water partition coefficient (Wildman–Crippen LogP) is 4.20. The van der Waals surface area contributed by atoms with Crippen LogP contribution in [0.5, 0.6) is 0 Å². The molecule has 0 saturated heterocycles. The van der Waals surface area contributed by atoms with Crippen molar-refractivity contribution in [3.05, 3.63) is 50.9 Å². The third-order valence-electron chi connectivity index (χ3n) is 4.14. The van der Waals surface area contributed by atoms with Gasteiger partial charge in [0.05, 0.1) is 11.2 Å². The third-order valence-corrected chi connectivity index (χ3v) is 5.20. The summed E-state index contributed by atoms with van der Waals surface area (Å²) in [6, 6.07) is 7.40. The van der Waals surface area contributed by atoms with Crippen molar-refractivity contribution in [3.8, 4) is 0 Å². The summed E-state index contributed by atoms with van der Waals surface area (Å²) in [5.74, 6) is 0. The van der Waals surface area contributed by atoms with Crippen LogP contribution in [0.4, 0.5) is 10.1 Å². The van der Waals surface area contributed by atoms with Gasteiger partial charge in [-0.15, -0.1) is 11.3 Å². The van der Waals surface area contributed by atoms with E-state index in [1.165, 1.54) is 11.8 Å². The first kappa shape index (κ1) is 17.2. The van der Waals surface area contributed by atoms with Crippen molar-refractivity contribution in [2.45, 2.75) is 39.0 Å². The maximum absolute atomic E-state index is 13.4. The lowest BCUT2D eigenvalue weighted by molar-refractivity contribution is 0.304. The number of fused-ring (bicyclic) bond motifs is 1. The average Bonchev–Trinajstić information content (AvgIpc) is 3.15. The number of nitrogens with zero attached hydrogens (tertiary/aromatic N) is 2. The molecule has 0 amide bonds. The molecule has 0 fully saturated rings. The maximum atomic E-state index is 13.4. The van der Waals surface area contributed by atoms with Crippen LogP contribution in [0.15, 0.2) is 29.6 Å². The monoisotopic (exact) mass is 366 g/mol. The van der Waals surface area contributed by atoms with Crippen LogP contribution in [0, 0.1) is 6.92 Å². The molecule has 0 aliphatic heterocycles. The zero-order chi connectivity index (χ0) is 17.3. The Labute approximate surface area is 149 Å². The van der Waals surface area contributed by atoms with Gasteiger partial charge >= 0.3 is 0 Å². The Kier molecular flexibility index (Phi) is 5.08. The van der Waals surface area contributed by atoms with Crippen molar-refractivity contribution in [3.63, 3.8) is 0 Å². The molecule has 0 aliphatic rings. The number of halogens is 2. The first-order valence-electron chi connectivity index (χ1n) is 7.79. The topological polar surface area (TPSA) is 55.3 Å². The average molecular weight is 367 g/mol. The van der Waals surface area contributed by atoms with Crippen LogP contribution in [0.3, 0.4) is 0 Å². The van der Waals surface area contributed by atoms with Gasteiger partial charge < -0.3 is 11.1 Å². The summed E-state index contributed by atoms with van der Waals surface area (Å²) < 4.78 is 15.2. The highest BCUT2D eigenvalue weighted by Gasteiger charge is 2.17. The molecule has 0 bridgehead atoms. The molecule has 3 aromatic heterocycles. The highest BCUT2D eigenvalue weighted by Crippen LogP contribution is 2.27. The number of rotatable bonds is 6. The quantitative estimate of drug-likeness (QED) is 0.687. The molecule has 3 aromatic rings. The van der Waals surface area contributed by atoms with Gasteiger partial charge in [0.25, 0.3) is 0 Å². The van der Waals surface area contributed by atoms with Crippen LogP contribution in [-0.2, 0) is 13.0 Å². The van der Waals surface area contributed by atoms with Gasteiger partial charge in [-0.05, 0) is 43.3 Å². The normalized spacial score (nSPS) is 14.0. The van der Waals surface area contributed by atoms with Crippen molar-refractivity contribution in [1.82, 2.24) is 9.61 Å². The van der Waals surface area contributed by atoms with Gasteiger partial charge in [0.15, 0.2) is 5.15 Å². The summed E-state index contributed by atoms with van der Waals surface area (Å²) in [6.45, 7) is 4.15. The smallest absolute Gasteiger partial charge is 0.152 e. The predicted molar refractivity (Wildman–Crippen MR) is 98.8 cm³/mol. The Bertz CT molecular complexity index is 829. The van der Waals surface area contributed by atoms with Gasteiger partial charge in [-0.2, -0.15) is 5.10 Å². The summed E-state index contributed by atoms with van der Waals surface area (Å²) in [4.78, 5) is 1.23. The van der Waals surface area contributed by atoms with E-state index in [0.717, 1.165) is 22.5 Å². The molecule has 0 aromatic carbocycles. The number of nitrogens with two attached hydrogens (primary N) is 1. The van der Waals surface area contributed by atoms with Crippen molar-refractivity contribution in [1.29, 1.82) is 0 Å². The second-order valence-corrected chi connectivity index (χ2v) is 7.33. The van der Waals surface area contributed by atoms with Crippen LogP contribution in [0.2, 0.25) is 5.15 Å². The molecule has 2 atom stereocenters. The number of hydrogen-bond donors (Lipinski definition) is 2. The fourth-order valence-corrected chi connectivity index (χ4v) is 3.47.